The average Bonchev–Trinajstić information content (AvgIpc) is 3.47. The van der Waals surface area contributed by atoms with Crippen LogP contribution in [-0.2, 0) is 11.2 Å². The number of rotatable bonds is 5. The first-order valence-corrected chi connectivity index (χ1v) is 13.0. The summed E-state index contributed by atoms with van der Waals surface area (Å²) < 4.78 is 2.77. The summed E-state index contributed by atoms with van der Waals surface area (Å²) in [6.07, 6.45) is 2.45. The molecule has 2 aromatic carbocycles. The number of benzene rings is 2. The van der Waals surface area contributed by atoms with Crippen LogP contribution in [0, 0.1) is 0 Å². The van der Waals surface area contributed by atoms with E-state index in [1.165, 1.54) is 28.8 Å². The van der Waals surface area contributed by atoms with Crippen molar-refractivity contribution in [2.75, 3.05) is 4.90 Å². The molecule has 1 aliphatic rings. The first-order valence-electron chi connectivity index (χ1n) is 10.5. The number of amides is 1. The first kappa shape index (κ1) is 22.8. The zero-order chi connectivity index (χ0) is 23.8. The van der Waals surface area contributed by atoms with Crippen molar-refractivity contribution in [1.29, 1.82) is 0 Å². The molecule has 8 nitrogen and oxygen atoms in total. The number of imidazole rings is 1. The number of phenolic OH excluding ortho intramolecular Hbond substituents is 1. The fourth-order valence-electron chi connectivity index (χ4n) is 3.46. The molecule has 1 aliphatic heterocycles. The molecule has 1 saturated heterocycles. The smallest absolute Gasteiger partial charge is 0.246 e. The van der Waals surface area contributed by atoms with Gasteiger partial charge >= 0.3 is 0 Å². The molecule has 0 spiro atoms. The number of carbonyl (C=O) groups is 1. The van der Waals surface area contributed by atoms with Crippen LogP contribution in [-0.4, -0.2) is 42.2 Å². The zero-order valence-electron chi connectivity index (χ0n) is 18.2. The molecule has 4 aromatic rings. The van der Waals surface area contributed by atoms with E-state index in [2.05, 4.69) is 38.2 Å². The van der Waals surface area contributed by atoms with Gasteiger partial charge in [-0.1, -0.05) is 58.1 Å². The molecule has 0 bridgehead atoms. The van der Waals surface area contributed by atoms with Gasteiger partial charge in [-0.25, -0.2) is 9.50 Å². The highest BCUT2D eigenvalue weighted by Crippen LogP contribution is 2.33. The molecule has 11 heteroatoms. The molecule has 5 rings (SSSR count). The van der Waals surface area contributed by atoms with Crippen molar-refractivity contribution in [2.45, 2.75) is 25.5 Å². The Morgan fingerprint density at radius 1 is 1.18 bits per heavy atom. The highest BCUT2D eigenvalue weighted by molar-refractivity contribution is 9.10. The van der Waals surface area contributed by atoms with Crippen molar-refractivity contribution in [3.05, 3.63) is 63.7 Å². The second-order valence-corrected chi connectivity index (χ2v) is 10.7. The highest BCUT2D eigenvalue weighted by Gasteiger charge is 2.36. The van der Waals surface area contributed by atoms with Gasteiger partial charge in [-0.2, -0.15) is 10.2 Å². The molecule has 34 heavy (non-hydrogen) atoms. The molecule has 1 N–H and O–H groups in total. The number of fused-ring (bicyclic) bond motifs is 1. The number of nitrogens with zero attached hydrogens (tertiary/aromatic N) is 6. The number of aromatic hydroxyl groups is 1. The predicted octanol–water partition coefficient (Wildman–Crippen LogP) is 5.35. The number of hydrogen-bond donors (Lipinski definition) is 1. The Bertz CT molecular complexity index is 1430. The van der Waals surface area contributed by atoms with Crippen LogP contribution in [0.5, 0.6) is 5.75 Å². The van der Waals surface area contributed by atoms with E-state index in [0.717, 1.165) is 37.8 Å². The van der Waals surface area contributed by atoms with Gasteiger partial charge < -0.3 is 5.11 Å². The molecule has 0 aliphatic carbocycles. The zero-order valence-corrected chi connectivity index (χ0v) is 21.4. The molecule has 1 fully saturated rings. The number of thioether (sulfide) groups is 1. The number of hydrogen-bond acceptors (Lipinski definition) is 8. The van der Waals surface area contributed by atoms with E-state index in [0.29, 0.717) is 10.9 Å². The summed E-state index contributed by atoms with van der Waals surface area (Å²) >= 11 is 6.36. The Labute approximate surface area is 212 Å². The molecule has 1 unspecified atom stereocenters. The summed E-state index contributed by atoms with van der Waals surface area (Å²) in [6.45, 7) is 3.89. The van der Waals surface area contributed by atoms with Gasteiger partial charge in [-0.15, -0.1) is 5.10 Å². The highest BCUT2D eigenvalue weighted by atomic mass is 79.9. The van der Waals surface area contributed by atoms with Crippen LogP contribution in [0.2, 0.25) is 0 Å². The van der Waals surface area contributed by atoms with E-state index in [1.54, 1.807) is 34.2 Å². The lowest BCUT2D eigenvalue weighted by Crippen LogP contribution is -2.31. The first-order chi connectivity index (χ1) is 16.4. The Kier molecular flexibility index (Phi) is 6.24. The van der Waals surface area contributed by atoms with E-state index in [-0.39, 0.29) is 16.9 Å². The van der Waals surface area contributed by atoms with Gasteiger partial charge in [0.15, 0.2) is 5.17 Å². The van der Waals surface area contributed by atoms with Crippen molar-refractivity contribution in [1.82, 2.24) is 14.6 Å². The third kappa shape index (κ3) is 4.26. The van der Waals surface area contributed by atoms with Crippen LogP contribution in [0.15, 0.2) is 63.2 Å². The average molecular weight is 555 g/mol. The fourth-order valence-corrected chi connectivity index (χ4v) is 5.48. The van der Waals surface area contributed by atoms with Crippen LogP contribution in [0.1, 0.15) is 24.5 Å². The third-order valence-electron chi connectivity index (χ3n) is 5.17. The van der Waals surface area contributed by atoms with Gasteiger partial charge in [0, 0.05) is 10.0 Å². The van der Waals surface area contributed by atoms with Gasteiger partial charge in [-0.05, 0) is 49.7 Å². The SMILES string of the molecule is CCc1nn2c(/C=N/N=C3\SC(C)C(=O)N3c3ccc(O)cc3)c(-c3ccc(Br)cc3)nc2s1. The number of aryl methyl sites for hydroxylation is 1. The second-order valence-electron chi connectivity index (χ2n) is 7.47. The molecule has 3 heterocycles. The minimum absolute atomic E-state index is 0.0842. The summed E-state index contributed by atoms with van der Waals surface area (Å²) in [5.41, 5.74) is 3.05. The van der Waals surface area contributed by atoms with E-state index < -0.39 is 0 Å². The fraction of sp³-hybridized carbons (Fsp3) is 0.174. The lowest BCUT2D eigenvalue weighted by molar-refractivity contribution is -0.116. The minimum Gasteiger partial charge on any atom is -0.508 e. The summed E-state index contributed by atoms with van der Waals surface area (Å²) in [5.74, 6) is 0.0477. The lowest BCUT2D eigenvalue weighted by atomic mass is 10.1. The predicted molar refractivity (Wildman–Crippen MR) is 141 cm³/mol. The van der Waals surface area contributed by atoms with E-state index >= 15 is 0 Å². The van der Waals surface area contributed by atoms with Gasteiger partial charge in [0.2, 0.25) is 10.9 Å². The molecule has 0 radical (unpaired) electrons. The van der Waals surface area contributed by atoms with Gasteiger partial charge in [0.25, 0.3) is 0 Å². The number of anilines is 1. The Morgan fingerprint density at radius 3 is 2.62 bits per heavy atom. The van der Waals surface area contributed by atoms with E-state index in [4.69, 9.17) is 4.98 Å². The maximum Gasteiger partial charge on any atom is 0.246 e. The van der Waals surface area contributed by atoms with Crippen LogP contribution >= 0.6 is 39.0 Å². The Balaban J connectivity index is 1.54. The topological polar surface area (TPSA) is 95.5 Å². The van der Waals surface area contributed by atoms with Crippen LogP contribution in [0.3, 0.4) is 0 Å². The standard InChI is InChI=1S/C23H19BrN6O2S2/c1-3-19-28-30-18(20(26-22(30)34-19)14-4-6-15(24)7-5-14)12-25-27-23-29(21(32)13(2)33-23)16-8-10-17(31)11-9-16/h4-13,31H,3H2,1-2H3/b25-12+,27-23-. The summed E-state index contributed by atoms with van der Waals surface area (Å²) in [4.78, 5) is 19.9. The monoisotopic (exact) mass is 554 g/mol. The summed E-state index contributed by atoms with van der Waals surface area (Å²) in [5, 5.41) is 24.2. The number of carbonyl (C=O) groups excluding carboxylic acids is 1. The molecule has 172 valence electrons. The largest absolute Gasteiger partial charge is 0.508 e. The number of phenols is 1. The van der Waals surface area contributed by atoms with Crippen molar-refractivity contribution >= 4 is 67.0 Å². The van der Waals surface area contributed by atoms with Crippen molar-refractivity contribution < 1.29 is 9.90 Å². The minimum atomic E-state index is -0.284. The van der Waals surface area contributed by atoms with Gasteiger partial charge in [-0.3, -0.25) is 9.69 Å². The lowest BCUT2D eigenvalue weighted by Gasteiger charge is -2.15. The van der Waals surface area contributed by atoms with Gasteiger partial charge in [0.1, 0.15) is 22.1 Å². The van der Waals surface area contributed by atoms with Crippen molar-refractivity contribution in [3.63, 3.8) is 0 Å². The van der Waals surface area contributed by atoms with Crippen LogP contribution in [0.25, 0.3) is 16.2 Å². The molecule has 0 saturated carbocycles. The summed E-state index contributed by atoms with van der Waals surface area (Å²) in [7, 11) is 0. The maximum absolute atomic E-state index is 12.8. The third-order valence-corrected chi connectivity index (χ3v) is 7.78. The van der Waals surface area contributed by atoms with Crippen molar-refractivity contribution in [2.24, 2.45) is 10.2 Å². The molecule has 1 amide bonds. The number of aromatic nitrogens is 3. The van der Waals surface area contributed by atoms with Crippen molar-refractivity contribution in [3.8, 4) is 17.0 Å². The molecule has 2 aromatic heterocycles. The molecule has 1 atom stereocenters. The maximum atomic E-state index is 12.8. The second kappa shape index (κ2) is 9.32. The summed E-state index contributed by atoms with van der Waals surface area (Å²) in [6, 6.07) is 14.3. The Morgan fingerprint density at radius 2 is 1.91 bits per heavy atom. The number of halogens is 1. The Hall–Kier alpha value is -3.02. The van der Waals surface area contributed by atoms with Crippen LogP contribution < -0.4 is 4.90 Å². The quantitative estimate of drug-likeness (QED) is 0.265. The molecular weight excluding hydrogens is 536 g/mol. The van der Waals surface area contributed by atoms with E-state index in [1.807, 2.05) is 31.2 Å². The van der Waals surface area contributed by atoms with E-state index in [9.17, 15) is 9.90 Å². The molecular formula is C23H19BrN6O2S2. The van der Waals surface area contributed by atoms with Crippen LogP contribution in [0.4, 0.5) is 5.69 Å². The number of amidine groups is 1. The van der Waals surface area contributed by atoms with Gasteiger partial charge in [0.05, 0.1) is 17.2 Å². The normalized spacial score (nSPS) is 17.6.